The van der Waals surface area contributed by atoms with Gasteiger partial charge in [0.2, 0.25) is 0 Å². The third-order valence-corrected chi connectivity index (χ3v) is 1.76. The first-order valence-electron chi connectivity index (χ1n) is 4.18. The van der Waals surface area contributed by atoms with Crippen LogP contribution in [0.5, 0.6) is 0 Å². The maximum absolute atomic E-state index is 10.6. The van der Waals surface area contributed by atoms with E-state index in [-0.39, 0.29) is 5.70 Å². The van der Waals surface area contributed by atoms with Gasteiger partial charge in [-0.1, -0.05) is 0 Å². The van der Waals surface area contributed by atoms with Crippen molar-refractivity contribution in [2.75, 3.05) is 0 Å². The summed E-state index contributed by atoms with van der Waals surface area (Å²) in [6.07, 6.45) is -0.351. The molecule has 0 aromatic rings. The van der Waals surface area contributed by atoms with Crippen molar-refractivity contribution in [3.05, 3.63) is 24.1 Å². The Morgan fingerprint density at radius 3 is 2.56 bits per heavy atom. The number of nitrogens with zero attached hydrogens (tertiary/aromatic N) is 1. The van der Waals surface area contributed by atoms with Crippen LogP contribution < -0.4 is 0 Å². The molecule has 7 heteroatoms. The topological polar surface area (TPSA) is 116 Å². The number of aliphatic hydroxyl groups is 1. The average molecular weight is 227 g/mol. The Morgan fingerprint density at radius 2 is 2.06 bits per heavy atom. The first kappa shape index (κ1) is 11.9. The summed E-state index contributed by atoms with van der Waals surface area (Å²) in [5.74, 6) is -3.27. The standard InChI is InChI=1S/C9H9NO6/c1-4(8(12)13)16-7-2-5(9(14)15)10-3-6(7)11/h2-3,6-7,11H,1H2,(H,12,13)(H,14,15)/t6-,7-/m1/s1. The van der Waals surface area contributed by atoms with E-state index in [0.29, 0.717) is 0 Å². The van der Waals surface area contributed by atoms with Crippen LogP contribution in [-0.4, -0.2) is 45.7 Å². The van der Waals surface area contributed by atoms with Crippen molar-refractivity contribution in [1.82, 2.24) is 0 Å². The molecule has 0 amide bonds. The van der Waals surface area contributed by atoms with Gasteiger partial charge in [-0.05, 0) is 12.7 Å². The predicted molar refractivity (Wildman–Crippen MR) is 51.9 cm³/mol. The van der Waals surface area contributed by atoms with Crippen molar-refractivity contribution in [3.63, 3.8) is 0 Å². The van der Waals surface area contributed by atoms with Crippen LogP contribution in [0.4, 0.5) is 0 Å². The Bertz CT molecular complexity index is 397. The minimum absolute atomic E-state index is 0.325. The van der Waals surface area contributed by atoms with E-state index in [0.717, 1.165) is 12.3 Å². The summed E-state index contributed by atoms with van der Waals surface area (Å²) in [5.41, 5.74) is -0.325. The first-order valence-corrected chi connectivity index (χ1v) is 4.18. The summed E-state index contributed by atoms with van der Waals surface area (Å²) in [7, 11) is 0. The number of carboxylic acid groups (broad SMARTS) is 2. The Kier molecular flexibility index (Phi) is 3.41. The van der Waals surface area contributed by atoms with E-state index < -0.39 is 29.9 Å². The van der Waals surface area contributed by atoms with Gasteiger partial charge >= 0.3 is 11.9 Å². The van der Waals surface area contributed by atoms with Gasteiger partial charge in [0.05, 0.1) is 0 Å². The van der Waals surface area contributed by atoms with Crippen molar-refractivity contribution < 1.29 is 29.6 Å². The van der Waals surface area contributed by atoms with E-state index in [1.165, 1.54) is 0 Å². The van der Waals surface area contributed by atoms with Crippen molar-refractivity contribution >= 4 is 18.2 Å². The number of carbonyl (C=O) groups is 2. The number of aliphatic imine (C=N–C) groups is 1. The molecule has 0 aromatic carbocycles. The number of rotatable bonds is 4. The quantitative estimate of drug-likeness (QED) is 0.435. The Morgan fingerprint density at radius 1 is 1.44 bits per heavy atom. The zero-order valence-electron chi connectivity index (χ0n) is 8.03. The lowest BCUT2D eigenvalue weighted by Crippen LogP contribution is -2.32. The minimum atomic E-state index is -1.39. The van der Waals surface area contributed by atoms with Crippen LogP contribution >= 0.6 is 0 Å². The molecule has 86 valence electrons. The van der Waals surface area contributed by atoms with Gasteiger partial charge in [-0.15, -0.1) is 0 Å². The highest BCUT2D eigenvalue weighted by atomic mass is 16.5. The molecule has 0 unspecified atom stereocenters. The molecule has 0 fully saturated rings. The molecule has 0 saturated carbocycles. The van der Waals surface area contributed by atoms with Crippen LogP contribution in [0.25, 0.3) is 0 Å². The van der Waals surface area contributed by atoms with Gasteiger partial charge in [0.1, 0.15) is 11.8 Å². The number of aliphatic carboxylic acids is 2. The van der Waals surface area contributed by atoms with Gasteiger partial charge in [-0.3, -0.25) is 4.99 Å². The molecule has 0 aliphatic carbocycles. The fourth-order valence-corrected chi connectivity index (χ4v) is 0.984. The molecule has 1 aliphatic heterocycles. The van der Waals surface area contributed by atoms with E-state index in [9.17, 15) is 14.7 Å². The van der Waals surface area contributed by atoms with Crippen molar-refractivity contribution in [1.29, 1.82) is 0 Å². The number of aliphatic hydroxyl groups excluding tert-OH is 1. The number of carboxylic acids is 2. The van der Waals surface area contributed by atoms with Crippen molar-refractivity contribution in [3.8, 4) is 0 Å². The molecule has 2 atom stereocenters. The van der Waals surface area contributed by atoms with E-state index in [1.807, 2.05) is 0 Å². The van der Waals surface area contributed by atoms with Crippen LogP contribution in [0, 0.1) is 0 Å². The molecule has 7 nitrogen and oxygen atoms in total. The van der Waals surface area contributed by atoms with Gasteiger partial charge < -0.3 is 20.1 Å². The van der Waals surface area contributed by atoms with Gasteiger partial charge in [0.15, 0.2) is 11.9 Å². The monoisotopic (exact) mass is 227 g/mol. The Balaban J connectivity index is 2.80. The SMILES string of the molecule is C=C(O[C@@H]1C=C(C(=O)O)N=C[C@H]1O)C(=O)O. The van der Waals surface area contributed by atoms with Gasteiger partial charge in [0.25, 0.3) is 0 Å². The number of hydrogen-bond donors (Lipinski definition) is 3. The first-order chi connectivity index (χ1) is 7.41. The van der Waals surface area contributed by atoms with E-state index in [2.05, 4.69) is 11.6 Å². The van der Waals surface area contributed by atoms with E-state index in [1.54, 1.807) is 0 Å². The molecule has 1 rings (SSSR count). The van der Waals surface area contributed by atoms with Gasteiger partial charge in [-0.25, -0.2) is 9.59 Å². The lowest BCUT2D eigenvalue weighted by molar-refractivity contribution is -0.137. The number of hydrogen-bond acceptors (Lipinski definition) is 5. The number of ether oxygens (including phenoxy) is 1. The summed E-state index contributed by atoms with van der Waals surface area (Å²) in [6.45, 7) is 3.10. The van der Waals surface area contributed by atoms with Gasteiger partial charge in [-0.2, -0.15) is 0 Å². The fraction of sp³-hybridized carbons (Fsp3) is 0.222. The lowest BCUT2D eigenvalue weighted by Gasteiger charge is -2.21. The zero-order valence-corrected chi connectivity index (χ0v) is 8.03. The van der Waals surface area contributed by atoms with Crippen LogP contribution in [0.15, 0.2) is 29.1 Å². The summed E-state index contributed by atoms with van der Waals surface area (Å²) >= 11 is 0. The van der Waals surface area contributed by atoms with E-state index >= 15 is 0 Å². The molecule has 1 aliphatic rings. The molecule has 0 spiro atoms. The third-order valence-electron chi connectivity index (χ3n) is 1.76. The predicted octanol–water partition coefficient (Wildman–Crippen LogP) is -0.616. The molecule has 1 heterocycles. The molecule has 0 bridgehead atoms. The Labute approximate surface area is 90.0 Å². The largest absolute Gasteiger partial charge is 0.477 e. The smallest absolute Gasteiger partial charge is 0.370 e. The Hall–Kier alpha value is -2.15. The maximum Gasteiger partial charge on any atom is 0.370 e. The molecule has 0 radical (unpaired) electrons. The molecule has 3 N–H and O–H groups in total. The zero-order chi connectivity index (χ0) is 12.3. The second-order valence-electron chi connectivity index (χ2n) is 2.94. The maximum atomic E-state index is 10.6. The molecular weight excluding hydrogens is 218 g/mol. The highest BCUT2D eigenvalue weighted by Crippen LogP contribution is 2.14. The van der Waals surface area contributed by atoms with Crippen LogP contribution in [-0.2, 0) is 14.3 Å². The third kappa shape index (κ3) is 2.67. The molecule has 0 aromatic heterocycles. The molecular formula is C9H9NO6. The highest BCUT2D eigenvalue weighted by Gasteiger charge is 2.25. The van der Waals surface area contributed by atoms with E-state index in [4.69, 9.17) is 14.9 Å². The van der Waals surface area contributed by atoms with Crippen molar-refractivity contribution in [2.24, 2.45) is 4.99 Å². The highest BCUT2D eigenvalue weighted by molar-refractivity contribution is 5.90. The van der Waals surface area contributed by atoms with Crippen LogP contribution in [0.2, 0.25) is 0 Å². The van der Waals surface area contributed by atoms with Gasteiger partial charge in [0, 0.05) is 6.21 Å². The average Bonchev–Trinajstić information content (AvgIpc) is 2.20. The summed E-state index contributed by atoms with van der Waals surface area (Å²) in [4.78, 5) is 24.4. The lowest BCUT2D eigenvalue weighted by atomic mass is 10.1. The molecule has 0 saturated heterocycles. The van der Waals surface area contributed by atoms with Crippen LogP contribution in [0.3, 0.4) is 0 Å². The summed E-state index contributed by atoms with van der Waals surface area (Å²) in [6, 6.07) is 0. The summed E-state index contributed by atoms with van der Waals surface area (Å²) in [5, 5.41) is 26.5. The normalized spacial score (nSPS) is 23.4. The molecule has 16 heavy (non-hydrogen) atoms. The van der Waals surface area contributed by atoms with Crippen molar-refractivity contribution in [2.45, 2.75) is 12.2 Å². The fourth-order valence-electron chi connectivity index (χ4n) is 0.984. The summed E-state index contributed by atoms with van der Waals surface area (Å²) < 4.78 is 4.77. The second kappa shape index (κ2) is 4.58. The van der Waals surface area contributed by atoms with Crippen LogP contribution in [0.1, 0.15) is 0 Å². The second-order valence-corrected chi connectivity index (χ2v) is 2.94. The minimum Gasteiger partial charge on any atom is -0.477 e.